The van der Waals surface area contributed by atoms with E-state index in [1.165, 1.54) is 32.1 Å². The van der Waals surface area contributed by atoms with Crippen molar-refractivity contribution in [3.05, 3.63) is 0 Å². The van der Waals surface area contributed by atoms with E-state index in [1.54, 1.807) is 0 Å². The number of rotatable bonds is 4. The van der Waals surface area contributed by atoms with Gasteiger partial charge in [0.05, 0.1) is 6.67 Å². The average Bonchev–Trinajstić information content (AvgIpc) is 2.20. The number of nitrogens with one attached hydrogen (secondary N) is 2. The van der Waals surface area contributed by atoms with Crippen LogP contribution in [0, 0.1) is 0 Å². The molecular weight excluding hydrogens is 176 g/mol. The highest BCUT2D eigenvalue weighted by molar-refractivity contribution is 5.77. The van der Waals surface area contributed by atoms with E-state index in [9.17, 15) is 0 Å². The van der Waals surface area contributed by atoms with Crippen molar-refractivity contribution in [2.45, 2.75) is 45.1 Å². The van der Waals surface area contributed by atoms with Gasteiger partial charge in [0.2, 0.25) is 0 Å². The summed E-state index contributed by atoms with van der Waals surface area (Å²) in [6, 6.07) is 0.655. The second-order valence-electron chi connectivity index (χ2n) is 3.77. The van der Waals surface area contributed by atoms with Crippen LogP contribution in [0.5, 0.6) is 0 Å². The highest BCUT2D eigenvalue weighted by Gasteiger charge is 2.11. The Bertz CT molecular complexity index is 173. The van der Waals surface area contributed by atoms with E-state index >= 15 is 0 Å². The lowest BCUT2D eigenvalue weighted by molar-refractivity contribution is 0.378. The van der Waals surface area contributed by atoms with Crippen molar-refractivity contribution in [1.82, 2.24) is 10.6 Å². The quantitative estimate of drug-likeness (QED) is 0.462. The summed E-state index contributed by atoms with van der Waals surface area (Å²) in [5.41, 5.74) is 5.60. The molecule has 0 saturated heterocycles. The molecule has 0 amide bonds. The number of hydrogen-bond donors (Lipinski definition) is 3. The van der Waals surface area contributed by atoms with Crippen LogP contribution in [0.15, 0.2) is 4.99 Å². The van der Waals surface area contributed by atoms with E-state index in [0.717, 1.165) is 6.54 Å². The lowest BCUT2D eigenvalue weighted by atomic mass is 9.96. The Kier molecular flexibility index (Phi) is 5.37. The molecule has 1 saturated carbocycles. The lowest BCUT2D eigenvalue weighted by Crippen LogP contribution is -2.35. The van der Waals surface area contributed by atoms with Crippen LogP contribution in [0.4, 0.5) is 0 Å². The minimum atomic E-state index is 0.538. The minimum Gasteiger partial charge on any atom is -0.370 e. The van der Waals surface area contributed by atoms with Crippen LogP contribution in [-0.2, 0) is 0 Å². The predicted molar refractivity (Wildman–Crippen MR) is 60.2 cm³/mol. The second-order valence-corrected chi connectivity index (χ2v) is 3.77. The Balaban J connectivity index is 2.09. The van der Waals surface area contributed by atoms with Gasteiger partial charge in [-0.2, -0.15) is 0 Å². The van der Waals surface area contributed by atoms with E-state index in [1.807, 2.05) is 6.92 Å². The number of nitrogens with zero attached hydrogens (tertiary/aromatic N) is 1. The first kappa shape index (κ1) is 11.3. The van der Waals surface area contributed by atoms with E-state index < -0.39 is 0 Å². The van der Waals surface area contributed by atoms with Crippen molar-refractivity contribution in [1.29, 1.82) is 0 Å². The zero-order chi connectivity index (χ0) is 10.2. The Hall–Kier alpha value is -0.770. The van der Waals surface area contributed by atoms with E-state index in [4.69, 9.17) is 5.73 Å². The van der Waals surface area contributed by atoms with Gasteiger partial charge in [-0.25, -0.2) is 4.99 Å². The van der Waals surface area contributed by atoms with Crippen molar-refractivity contribution >= 4 is 5.96 Å². The van der Waals surface area contributed by atoms with Gasteiger partial charge in [0.25, 0.3) is 0 Å². The largest absolute Gasteiger partial charge is 0.370 e. The first-order chi connectivity index (χ1) is 6.83. The van der Waals surface area contributed by atoms with Crippen molar-refractivity contribution in [2.75, 3.05) is 13.2 Å². The summed E-state index contributed by atoms with van der Waals surface area (Å²) in [5.74, 6) is 0.538. The zero-order valence-corrected chi connectivity index (χ0v) is 9.05. The van der Waals surface area contributed by atoms with Crippen LogP contribution in [-0.4, -0.2) is 25.2 Å². The molecule has 0 bridgehead atoms. The smallest absolute Gasteiger partial charge is 0.189 e. The molecule has 0 aromatic carbocycles. The summed E-state index contributed by atoms with van der Waals surface area (Å²) < 4.78 is 0. The molecule has 1 aliphatic rings. The van der Waals surface area contributed by atoms with Crippen molar-refractivity contribution in [3.8, 4) is 0 Å². The van der Waals surface area contributed by atoms with Gasteiger partial charge in [-0.3, -0.25) is 5.32 Å². The van der Waals surface area contributed by atoms with Crippen LogP contribution in [0.3, 0.4) is 0 Å². The summed E-state index contributed by atoms with van der Waals surface area (Å²) in [7, 11) is 0. The normalized spacial score (nSPS) is 19.6. The molecule has 0 aliphatic heterocycles. The average molecular weight is 198 g/mol. The molecule has 0 unspecified atom stereocenters. The molecule has 14 heavy (non-hydrogen) atoms. The third kappa shape index (κ3) is 4.46. The second kappa shape index (κ2) is 6.65. The van der Waals surface area contributed by atoms with Gasteiger partial charge in [0.1, 0.15) is 0 Å². The molecule has 1 rings (SSSR count). The molecule has 1 fully saturated rings. The molecule has 82 valence electrons. The van der Waals surface area contributed by atoms with Gasteiger partial charge in [-0.05, 0) is 19.8 Å². The number of nitrogens with two attached hydrogens (primary N) is 1. The third-order valence-electron chi connectivity index (χ3n) is 2.59. The first-order valence-corrected chi connectivity index (χ1v) is 5.60. The fraction of sp³-hybridized carbons (Fsp3) is 0.900. The molecule has 0 aromatic rings. The highest BCUT2D eigenvalue weighted by Crippen LogP contribution is 2.16. The topological polar surface area (TPSA) is 62.4 Å². The van der Waals surface area contributed by atoms with Crippen molar-refractivity contribution < 1.29 is 0 Å². The standard InChI is InChI=1S/C10H22N4/c1-2-12-10(11)14-8-13-9-6-4-3-5-7-9/h9,13H,2-8H2,1H3,(H3,11,12,14). The molecule has 4 nitrogen and oxygen atoms in total. The molecule has 0 spiro atoms. The van der Waals surface area contributed by atoms with Crippen LogP contribution in [0.2, 0.25) is 0 Å². The van der Waals surface area contributed by atoms with Gasteiger partial charge in [0, 0.05) is 12.6 Å². The lowest BCUT2D eigenvalue weighted by Gasteiger charge is -2.21. The number of hydrogen-bond acceptors (Lipinski definition) is 2. The van der Waals surface area contributed by atoms with E-state index in [0.29, 0.717) is 18.7 Å². The summed E-state index contributed by atoms with van der Waals surface area (Å²) in [5, 5.41) is 6.37. The monoisotopic (exact) mass is 198 g/mol. The Morgan fingerprint density at radius 3 is 2.71 bits per heavy atom. The van der Waals surface area contributed by atoms with Gasteiger partial charge in [0.15, 0.2) is 5.96 Å². The molecule has 0 radical (unpaired) electrons. The van der Waals surface area contributed by atoms with Gasteiger partial charge in [-0.1, -0.05) is 19.3 Å². The van der Waals surface area contributed by atoms with Crippen LogP contribution >= 0.6 is 0 Å². The Morgan fingerprint density at radius 1 is 1.36 bits per heavy atom. The molecule has 0 aromatic heterocycles. The SMILES string of the molecule is CCNC(N)=NCNC1CCCCC1. The molecule has 4 heteroatoms. The van der Waals surface area contributed by atoms with Crippen LogP contribution in [0.25, 0.3) is 0 Å². The van der Waals surface area contributed by atoms with Gasteiger partial charge in [-0.15, -0.1) is 0 Å². The maximum absolute atomic E-state index is 5.60. The maximum atomic E-state index is 5.60. The maximum Gasteiger partial charge on any atom is 0.189 e. The summed E-state index contributed by atoms with van der Waals surface area (Å²) in [4.78, 5) is 4.18. The molecule has 0 heterocycles. The van der Waals surface area contributed by atoms with E-state index in [2.05, 4.69) is 15.6 Å². The van der Waals surface area contributed by atoms with Crippen LogP contribution in [0.1, 0.15) is 39.0 Å². The highest BCUT2D eigenvalue weighted by atomic mass is 15.1. The van der Waals surface area contributed by atoms with Crippen molar-refractivity contribution in [2.24, 2.45) is 10.7 Å². The summed E-state index contributed by atoms with van der Waals surface area (Å²) in [6.07, 6.45) is 6.67. The molecule has 1 aliphatic carbocycles. The fourth-order valence-electron chi connectivity index (χ4n) is 1.80. The fourth-order valence-corrected chi connectivity index (χ4v) is 1.80. The zero-order valence-electron chi connectivity index (χ0n) is 9.05. The van der Waals surface area contributed by atoms with Gasteiger partial charge >= 0.3 is 0 Å². The van der Waals surface area contributed by atoms with Crippen molar-refractivity contribution in [3.63, 3.8) is 0 Å². The number of aliphatic imine (C=N–C) groups is 1. The van der Waals surface area contributed by atoms with E-state index in [-0.39, 0.29) is 0 Å². The van der Waals surface area contributed by atoms with Crippen LogP contribution < -0.4 is 16.4 Å². The Morgan fingerprint density at radius 2 is 2.07 bits per heavy atom. The predicted octanol–water partition coefficient (Wildman–Crippen LogP) is 0.790. The molecule has 4 N–H and O–H groups in total. The molecule has 0 atom stereocenters. The summed E-state index contributed by atoms with van der Waals surface area (Å²) in [6.45, 7) is 3.49. The molecular formula is C10H22N4. The third-order valence-corrected chi connectivity index (χ3v) is 2.59. The Labute approximate surface area is 86.4 Å². The summed E-state index contributed by atoms with van der Waals surface area (Å²) >= 11 is 0. The first-order valence-electron chi connectivity index (χ1n) is 5.60. The minimum absolute atomic E-state index is 0.538. The number of guanidine groups is 1. The van der Waals surface area contributed by atoms with Gasteiger partial charge < -0.3 is 11.1 Å².